The largest absolute Gasteiger partial charge is 0.497 e. The lowest BCUT2D eigenvalue weighted by atomic mass is 10.1. The van der Waals surface area contributed by atoms with Gasteiger partial charge in [-0.15, -0.1) is 5.10 Å². The van der Waals surface area contributed by atoms with Crippen LogP contribution in [0.5, 0.6) is 17.2 Å². The van der Waals surface area contributed by atoms with Gasteiger partial charge in [0.2, 0.25) is 5.95 Å². The molecule has 9 heteroatoms. The SMILES string of the molecule is COc1ccc(CCNc2nc(-c3ccc(OC)cc3)c3c(N)n(-c4ccc(OC)cc4)nc3n2)cc1. The van der Waals surface area contributed by atoms with Gasteiger partial charge in [-0.1, -0.05) is 12.1 Å². The summed E-state index contributed by atoms with van der Waals surface area (Å²) < 4.78 is 17.5. The fourth-order valence-corrected chi connectivity index (χ4v) is 4.08. The lowest BCUT2D eigenvalue weighted by Crippen LogP contribution is -2.09. The number of nitrogens with zero attached hydrogens (tertiary/aromatic N) is 4. The molecule has 0 saturated carbocycles. The van der Waals surface area contributed by atoms with Gasteiger partial charge in [0.25, 0.3) is 0 Å². The Bertz CT molecular complexity index is 1500. The smallest absolute Gasteiger partial charge is 0.225 e. The molecule has 5 aromatic rings. The third-order valence-electron chi connectivity index (χ3n) is 6.11. The van der Waals surface area contributed by atoms with E-state index < -0.39 is 0 Å². The quantitative estimate of drug-likeness (QED) is 0.301. The Labute approximate surface area is 214 Å². The van der Waals surface area contributed by atoms with E-state index in [1.54, 1.807) is 26.0 Å². The van der Waals surface area contributed by atoms with E-state index in [0.717, 1.165) is 34.9 Å². The molecule has 0 bridgehead atoms. The molecule has 0 saturated heterocycles. The Morgan fingerprint density at radius 1 is 0.757 bits per heavy atom. The minimum Gasteiger partial charge on any atom is -0.497 e. The highest BCUT2D eigenvalue weighted by Gasteiger charge is 2.19. The van der Waals surface area contributed by atoms with Crippen LogP contribution in [0.2, 0.25) is 0 Å². The summed E-state index contributed by atoms with van der Waals surface area (Å²) in [6.07, 6.45) is 0.797. The van der Waals surface area contributed by atoms with Crippen LogP contribution < -0.4 is 25.3 Å². The summed E-state index contributed by atoms with van der Waals surface area (Å²) in [7, 11) is 4.93. The van der Waals surface area contributed by atoms with E-state index in [-0.39, 0.29) is 0 Å². The molecule has 0 atom stereocenters. The van der Waals surface area contributed by atoms with Gasteiger partial charge in [0.05, 0.1) is 38.1 Å². The molecule has 0 fully saturated rings. The van der Waals surface area contributed by atoms with Crippen LogP contribution in [-0.2, 0) is 6.42 Å². The average Bonchev–Trinajstić information content (AvgIpc) is 3.29. The molecule has 0 radical (unpaired) electrons. The standard InChI is InChI=1S/C28H28N6O3/c1-35-21-10-4-18(5-11-21)16-17-30-28-31-25(19-6-12-22(36-2)13-7-19)24-26(29)34(33-27(24)32-28)20-8-14-23(37-3)15-9-20/h4-15H,16-17,29H2,1-3H3,(H,30,32,33). The molecule has 3 N–H and O–H groups in total. The van der Waals surface area contributed by atoms with Crippen LogP contribution in [0.4, 0.5) is 11.8 Å². The highest BCUT2D eigenvalue weighted by molar-refractivity contribution is 5.99. The average molecular weight is 497 g/mol. The molecular formula is C28H28N6O3. The van der Waals surface area contributed by atoms with Crippen molar-refractivity contribution in [1.29, 1.82) is 0 Å². The molecule has 0 spiro atoms. The van der Waals surface area contributed by atoms with Crippen molar-refractivity contribution in [1.82, 2.24) is 19.7 Å². The molecule has 3 aromatic carbocycles. The number of methoxy groups -OCH3 is 3. The molecule has 37 heavy (non-hydrogen) atoms. The van der Waals surface area contributed by atoms with Crippen molar-refractivity contribution in [2.24, 2.45) is 0 Å². The van der Waals surface area contributed by atoms with Crippen LogP contribution >= 0.6 is 0 Å². The number of nitrogens with two attached hydrogens (primary N) is 1. The summed E-state index contributed by atoms with van der Waals surface area (Å²) in [5.74, 6) is 3.27. The van der Waals surface area contributed by atoms with Crippen LogP contribution in [-0.4, -0.2) is 47.6 Å². The number of nitrogen functional groups attached to an aromatic ring is 1. The first kappa shape index (κ1) is 23.9. The molecule has 0 unspecified atom stereocenters. The van der Waals surface area contributed by atoms with Gasteiger partial charge in [-0.05, 0) is 72.6 Å². The van der Waals surface area contributed by atoms with Gasteiger partial charge in [0.15, 0.2) is 5.65 Å². The third kappa shape index (κ3) is 4.97. The van der Waals surface area contributed by atoms with Crippen molar-refractivity contribution in [3.8, 4) is 34.2 Å². The van der Waals surface area contributed by atoms with Gasteiger partial charge in [0.1, 0.15) is 23.1 Å². The number of fused-ring (bicyclic) bond motifs is 1. The van der Waals surface area contributed by atoms with Crippen molar-refractivity contribution in [3.05, 3.63) is 78.4 Å². The molecule has 2 aromatic heterocycles. The van der Waals surface area contributed by atoms with E-state index in [1.165, 1.54) is 5.56 Å². The van der Waals surface area contributed by atoms with Gasteiger partial charge in [-0.3, -0.25) is 0 Å². The highest BCUT2D eigenvalue weighted by Crippen LogP contribution is 2.33. The number of anilines is 2. The zero-order valence-corrected chi connectivity index (χ0v) is 20.9. The minimum atomic E-state index is 0.454. The molecule has 0 amide bonds. The molecule has 2 heterocycles. The van der Waals surface area contributed by atoms with Gasteiger partial charge in [0, 0.05) is 12.1 Å². The molecule has 188 valence electrons. The van der Waals surface area contributed by atoms with Crippen molar-refractivity contribution >= 4 is 22.8 Å². The second-order valence-electron chi connectivity index (χ2n) is 8.34. The van der Waals surface area contributed by atoms with E-state index >= 15 is 0 Å². The molecule has 5 rings (SSSR count). The lowest BCUT2D eigenvalue weighted by molar-refractivity contribution is 0.414. The highest BCUT2D eigenvalue weighted by atomic mass is 16.5. The zero-order valence-electron chi connectivity index (χ0n) is 20.9. The Balaban J connectivity index is 1.51. The van der Waals surface area contributed by atoms with Crippen molar-refractivity contribution in [3.63, 3.8) is 0 Å². The zero-order chi connectivity index (χ0) is 25.8. The Kier molecular flexibility index (Phi) is 6.76. The van der Waals surface area contributed by atoms with Crippen molar-refractivity contribution in [2.75, 3.05) is 38.9 Å². The fraction of sp³-hybridized carbons (Fsp3) is 0.179. The summed E-state index contributed by atoms with van der Waals surface area (Å²) in [5, 5.41) is 8.75. The van der Waals surface area contributed by atoms with Crippen LogP contribution in [0.3, 0.4) is 0 Å². The van der Waals surface area contributed by atoms with Crippen LogP contribution in [0.15, 0.2) is 72.8 Å². The van der Waals surface area contributed by atoms with Crippen LogP contribution in [0, 0.1) is 0 Å². The number of benzene rings is 3. The third-order valence-corrected chi connectivity index (χ3v) is 6.11. The number of hydrogen-bond acceptors (Lipinski definition) is 8. The number of ether oxygens (including phenoxy) is 3. The van der Waals surface area contributed by atoms with Crippen LogP contribution in [0.1, 0.15) is 5.56 Å². The maximum atomic E-state index is 6.62. The topological polar surface area (TPSA) is 109 Å². The molecule has 0 aliphatic heterocycles. The molecule has 0 aliphatic carbocycles. The minimum absolute atomic E-state index is 0.454. The summed E-state index contributed by atoms with van der Waals surface area (Å²) in [6.45, 7) is 0.647. The van der Waals surface area contributed by atoms with E-state index in [9.17, 15) is 0 Å². The van der Waals surface area contributed by atoms with E-state index in [2.05, 4.69) is 5.32 Å². The second kappa shape index (κ2) is 10.4. The summed E-state index contributed by atoms with van der Waals surface area (Å²) in [6, 6.07) is 23.2. The Morgan fingerprint density at radius 3 is 1.92 bits per heavy atom. The van der Waals surface area contributed by atoms with Gasteiger partial charge < -0.3 is 25.3 Å². The van der Waals surface area contributed by atoms with Crippen molar-refractivity contribution < 1.29 is 14.2 Å². The van der Waals surface area contributed by atoms with Gasteiger partial charge >= 0.3 is 0 Å². The Morgan fingerprint density at radius 2 is 1.32 bits per heavy atom. The predicted molar refractivity (Wildman–Crippen MR) is 145 cm³/mol. The predicted octanol–water partition coefficient (Wildman–Crippen LogP) is 4.75. The Hall–Kier alpha value is -4.79. The molecule has 9 nitrogen and oxygen atoms in total. The lowest BCUT2D eigenvalue weighted by Gasteiger charge is -2.10. The maximum absolute atomic E-state index is 6.62. The van der Waals surface area contributed by atoms with E-state index in [4.69, 9.17) is 35.0 Å². The van der Waals surface area contributed by atoms with Gasteiger partial charge in [-0.25, -0.2) is 9.67 Å². The number of hydrogen-bond donors (Lipinski definition) is 2. The summed E-state index contributed by atoms with van der Waals surface area (Å²) in [5.41, 5.74) is 10.7. The van der Waals surface area contributed by atoms with Gasteiger partial charge in [-0.2, -0.15) is 4.98 Å². The normalized spacial score (nSPS) is 10.9. The second-order valence-corrected chi connectivity index (χ2v) is 8.34. The van der Waals surface area contributed by atoms with E-state index in [0.29, 0.717) is 35.0 Å². The van der Waals surface area contributed by atoms with Crippen molar-refractivity contribution in [2.45, 2.75) is 6.42 Å². The first-order valence-corrected chi connectivity index (χ1v) is 11.8. The molecular weight excluding hydrogens is 468 g/mol. The summed E-state index contributed by atoms with van der Waals surface area (Å²) >= 11 is 0. The number of rotatable bonds is 9. The summed E-state index contributed by atoms with van der Waals surface area (Å²) in [4.78, 5) is 9.53. The first-order chi connectivity index (χ1) is 18.1. The van der Waals surface area contributed by atoms with Crippen LogP contribution in [0.25, 0.3) is 28.0 Å². The fourth-order valence-electron chi connectivity index (χ4n) is 4.08. The van der Waals surface area contributed by atoms with E-state index in [1.807, 2.05) is 72.8 Å². The number of aromatic nitrogens is 4. The maximum Gasteiger partial charge on any atom is 0.225 e. The number of nitrogens with one attached hydrogen (secondary N) is 1. The monoisotopic (exact) mass is 496 g/mol. The first-order valence-electron chi connectivity index (χ1n) is 11.8. The molecule has 0 aliphatic rings.